The Labute approximate surface area is 306 Å². The van der Waals surface area contributed by atoms with Crippen LogP contribution in [0.2, 0.25) is 0 Å². The molecule has 0 saturated heterocycles. The molecule has 9 rings (SSSR count). The average Bonchev–Trinajstić information content (AvgIpc) is 3.88. The van der Waals surface area contributed by atoms with Gasteiger partial charge in [-0.15, -0.1) is 0 Å². The van der Waals surface area contributed by atoms with Gasteiger partial charge in [0.2, 0.25) is 0 Å². The van der Waals surface area contributed by atoms with Gasteiger partial charge in [-0.2, -0.15) is 5.10 Å². The van der Waals surface area contributed by atoms with Gasteiger partial charge in [0, 0.05) is 17.6 Å². The fourth-order valence-corrected chi connectivity index (χ4v) is 12.2. The van der Waals surface area contributed by atoms with Crippen LogP contribution in [0.1, 0.15) is 79.9 Å². The third-order valence-electron chi connectivity index (χ3n) is 13.5. The number of fused-ring (bicyclic) bond motifs is 7. The molecule has 3 aromatic heterocycles. The molecule has 52 heavy (non-hydrogen) atoms. The number of aromatic nitrogens is 3. The summed E-state index contributed by atoms with van der Waals surface area (Å²) in [4.78, 5) is 33.5. The van der Waals surface area contributed by atoms with Crippen molar-refractivity contribution in [3.63, 3.8) is 0 Å². The molecule has 266 valence electrons. The number of nitrogens with zero attached hydrogens (tertiary/aromatic N) is 3. The zero-order valence-corrected chi connectivity index (χ0v) is 30.2. The molecule has 2 aromatic carbocycles. The number of benzene rings is 2. The molecule has 7 nitrogen and oxygen atoms in total. The average molecular weight is 716 g/mol. The van der Waals surface area contributed by atoms with E-state index in [1.807, 2.05) is 47.3 Å². The molecule has 3 fully saturated rings. The van der Waals surface area contributed by atoms with Crippen LogP contribution in [0, 0.1) is 39.8 Å². The quantitative estimate of drug-likeness (QED) is 0.168. The summed E-state index contributed by atoms with van der Waals surface area (Å²) in [6, 6.07) is 21.8. The number of halogens is 1. The fraction of sp³-hybridized carbons (Fsp3) is 0.395. The lowest BCUT2D eigenvalue weighted by atomic mass is 9.44. The molecule has 7 unspecified atom stereocenters. The summed E-state index contributed by atoms with van der Waals surface area (Å²) in [5.41, 5.74) is 4.18. The third kappa shape index (κ3) is 5.10. The number of rotatable bonds is 7. The van der Waals surface area contributed by atoms with Crippen molar-refractivity contribution in [1.29, 1.82) is 0 Å². The van der Waals surface area contributed by atoms with Crippen molar-refractivity contribution >= 4 is 39.6 Å². The van der Waals surface area contributed by atoms with E-state index in [2.05, 4.69) is 19.9 Å². The SMILES string of the molecule is CC12Cc3cnn(-c4ccc(F)cc4)c3C=C1CCC1C2C(O)CC2(C)C1CCC2(CC(=O)c1ccco1)C(=O)SCc1ccc2ccccc2n1. The number of allylic oxidation sites excluding steroid dienone is 1. The fourth-order valence-electron chi connectivity index (χ4n) is 11.1. The number of thioether (sulfide) groups is 1. The highest BCUT2D eigenvalue weighted by molar-refractivity contribution is 8.13. The minimum absolute atomic E-state index is 0.00836. The largest absolute Gasteiger partial charge is 0.461 e. The van der Waals surface area contributed by atoms with E-state index in [1.165, 1.54) is 35.7 Å². The van der Waals surface area contributed by atoms with Crippen molar-refractivity contribution in [3.05, 3.63) is 119 Å². The van der Waals surface area contributed by atoms with Gasteiger partial charge < -0.3 is 9.52 Å². The van der Waals surface area contributed by atoms with Crippen molar-refractivity contribution in [1.82, 2.24) is 14.8 Å². The minimum atomic E-state index is -0.956. The number of hydrogen-bond donors (Lipinski definition) is 1. The van der Waals surface area contributed by atoms with Crippen molar-refractivity contribution in [2.24, 2.45) is 34.0 Å². The Kier molecular flexibility index (Phi) is 7.97. The van der Waals surface area contributed by atoms with Crippen LogP contribution >= 0.6 is 11.8 Å². The normalized spacial score (nSPS) is 30.6. The Morgan fingerprint density at radius 1 is 1.04 bits per heavy atom. The topological polar surface area (TPSA) is 98.2 Å². The van der Waals surface area contributed by atoms with E-state index in [4.69, 9.17) is 14.5 Å². The number of Topliss-reactive ketones (excluding diaryl/α,β-unsaturated/α-hetero) is 1. The smallest absolute Gasteiger partial charge is 0.199 e. The number of carbonyl (C=O) groups is 2. The number of carbonyl (C=O) groups excluding carboxylic acids is 2. The molecule has 0 bridgehead atoms. The van der Waals surface area contributed by atoms with E-state index in [0.29, 0.717) is 18.6 Å². The molecule has 0 radical (unpaired) electrons. The second-order valence-electron chi connectivity index (χ2n) is 16.0. The summed E-state index contributed by atoms with van der Waals surface area (Å²) in [6.45, 7) is 4.49. The summed E-state index contributed by atoms with van der Waals surface area (Å²) in [5.74, 6) is 0.620. The monoisotopic (exact) mass is 715 g/mol. The number of pyridine rings is 1. The minimum Gasteiger partial charge on any atom is -0.461 e. The first kappa shape index (κ1) is 33.5. The molecule has 3 saturated carbocycles. The van der Waals surface area contributed by atoms with Gasteiger partial charge in [-0.25, -0.2) is 9.07 Å². The van der Waals surface area contributed by atoms with Gasteiger partial charge in [-0.05, 0) is 127 Å². The Morgan fingerprint density at radius 3 is 2.67 bits per heavy atom. The van der Waals surface area contributed by atoms with E-state index in [0.717, 1.165) is 59.2 Å². The molecule has 1 N–H and O–H groups in total. The Bertz CT molecular complexity index is 2230. The molecule has 3 heterocycles. The Morgan fingerprint density at radius 2 is 1.87 bits per heavy atom. The second kappa shape index (κ2) is 12.4. The number of aliphatic hydroxyl groups excluding tert-OH is 1. The van der Waals surface area contributed by atoms with Crippen LogP contribution in [0.4, 0.5) is 4.39 Å². The zero-order chi connectivity index (χ0) is 35.8. The van der Waals surface area contributed by atoms with Crippen molar-refractivity contribution in [2.75, 3.05) is 0 Å². The first-order valence-electron chi connectivity index (χ1n) is 18.4. The van der Waals surface area contributed by atoms with E-state index in [9.17, 15) is 19.1 Å². The van der Waals surface area contributed by atoms with Crippen LogP contribution in [0.5, 0.6) is 0 Å². The van der Waals surface area contributed by atoms with E-state index in [-0.39, 0.29) is 52.1 Å². The highest BCUT2D eigenvalue weighted by Crippen LogP contribution is 2.71. The summed E-state index contributed by atoms with van der Waals surface area (Å²) >= 11 is 1.26. The van der Waals surface area contributed by atoms with Gasteiger partial charge in [0.25, 0.3) is 0 Å². The van der Waals surface area contributed by atoms with E-state index in [1.54, 1.807) is 24.3 Å². The van der Waals surface area contributed by atoms with Crippen molar-refractivity contribution in [2.45, 2.75) is 70.7 Å². The molecule has 5 aromatic rings. The Hall–Kier alpha value is -4.34. The maximum atomic E-state index is 14.8. The maximum Gasteiger partial charge on any atom is 0.199 e. The first-order chi connectivity index (χ1) is 25.1. The molecule has 4 aliphatic rings. The van der Waals surface area contributed by atoms with Gasteiger partial charge in [-0.1, -0.05) is 55.4 Å². The number of aliphatic hydroxyl groups is 1. The Balaban J connectivity index is 1.03. The molecule has 4 aliphatic carbocycles. The molecule has 7 atom stereocenters. The van der Waals surface area contributed by atoms with E-state index < -0.39 is 16.9 Å². The predicted molar refractivity (Wildman–Crippen MR) is 199 cm³/mol. The van der Waals surface area contributed by atoms with Gasteiger partial charge >= 0.3 is 0 Å². The van der Waals surface area contributed by atoms with Crippen LogP contribution in [-0.4, -0.2) is 36.9 Å². The summed E-state index contributed by atoms with van der Waals surface area (Å²) < 4.78 is 21.2. The lowest BCUT2D eigenvalue weighted by Gasteiger charge is -2.61. The van der Waals surface area contributed by atoms with Crippen LogP contribution in [0.15, 0.2) is 95.2 Å². The van der Waals surface area contributed by atoms with Crippen LogP contribution in [0.25, 0.3) is 22.7 Å². The van der Waals surface area contributed by atoms with Crippen molar-refractivity contribution in [3.8, 4) is 5.69 Å². The maximum absolute atomic E-state index is 14.8. The van der Waals surface area contributed by atoms with Crippen LogP contribution < -0.4 is 0 Å². The lowest BCUT2D eigenvalue weighted by Crippen LogP contribution is -2.59. The number of hydrogen-bond acceptors (Lipinski definition) is 7. The molecule has 0 amide bonds. The number of furan rings is 1. The molecule has 0 spiro atoms. The highest BCUT2D eigenvalue weighted by Gasteiger charge is 2.69. The third-order valence-corrected chi connectivity index (χ3v) is 14.6. The van der Waals surface area contributed by atoms with E-state index >= 15 is 0 Å². The molecule has 9 heteroatoms. The number of para-hydroxylation sites is 1. The standard InChI is InChI=1S/C43H42FN3O4S/c1-41-21-27-24-45-47(31-14-11-29(44)12-15-31)35(27)20-28(41)10-16-32-33-17-18-43(23-36(48)38-8-5-19-51-38,42(33,2)22-37(49)39(32)41)40(50)52-25-30-13-9-26-6-3-4-7-34(26)46-30/h3-9,11-15,19-20,24,32-33,37,39,49H,10,16-18,21-23,25H2,1-2H3. The number of ketones is 1. The van der Waals surface area contributed by atoms with Gasteiger partial charge in [-0.3, -0.25) is 14.6 Å². The second-order valence-corrected chi connectivity index (χ2v) is 16.9. The lowest BCUT2D eigenvalue weighted by molar-refractivity contribution is -0.153. The van der Waals surface area contributed by atoms with Gasteiger partial charge in [0.1, 0.15) is 5.82 Å². The highest BCUT2D eigenvalue weighted by atomic mass is 32.2. The summed E-state index contributed by atoms with van der Waals surface area (Å²) in [5, 5.41) is 18.2. The molecular formula is C43H42FN3O4S. The first-order valence-corrected chi connectivity index (χ1v) is 19.4. The molecular weight excluding hydrogens is 674 g/mol. The van der Waals surface area contributed by atoms with Gasteiger partial charge in [0.05, 0.1) is 46.6 Å². The zero-order valence-electron chi connectivity index (χ0n) is 29.4. The van der Waals surface area contributed by atoms with Crippen LogP contribution in [-0.2, 0) is 17.0 Å². The summed E-state index contributed by atoms with van der Waals surface area (Å²) in [6.07, 6.45) is 9.53. The molecule has 0 aliphatic heterocycles. The summed E-state index contributed by atoms with van der Waals surface area (Å²) in [7, 11) is 0. The predicted octanol–water partition coefficient (Wildman–Crippen LogP) is 9.02. The van der Waals surface area contributed by atoms with Crippen LogP contribution in [0.3, 0.4) is 0 Å². The van der Waals surface area contributed by atoms with Gasteiger partial charge in [0.15, 0.2) is 16.7 Å². The van der Waals surface area contributed by atoms with Crippen molar-refractivity contribution < 1.29 is 23.5 Å².